The predicted molar refractivity (Wildman–Crippen MR) is 136 cm³/mol. The number of benzene rings is 2. The molecule has 1 saturated carbocycles. The zero-order chi connectivity index (χ0) is 32.9. The number of amides is 1. The van der Waals surface area contributed by atoms with Gasteiger partial charge in [0.25, 0.3) is 0 Å². The Hall–Kier alpha value is -3.30. The van der Waals surface area contributed by atoms with Crippen LogP contribution in [0.15, 0.2) is 53.4 Å². The van der Waals surface area contributed by atoms with E-state index in [1.807, 2.05) is 0 Å². The normalized spacial score (nSPS) is 25.2. The average molecular weight is 660 g/mol. The minimum atomic E-state index is -6.42. The number of carboxylic acids is 1. The number of likely N-dealkylation sites (tertiary alicyclic amines) is 1. The highest BCUT2D eigenvalue weighted by molar-refractivity contribution is 7.92. The van der Waals surface area contributed by atoms with E-state index in [-0.39, 0.29) is 49.9 Å². The van der Waals surface area contributed by atoms with Gasteiger partial charge in [0.15, 0.2) is 9.84 Å². The third-order valence-corrected chi connectivity index (χ3v) is 11.2. The Bertz CT molecular complexity index is 1490. The number of halogens is 9. The minimum absolute atomic E-state index is 0.0251. The van der Waals surface area contributed by atoms with Crippen LogP contribution in [0.3, 0.4) is 0 Å². The van der Waals surface area contributed by atoms with Crippen molar-refractivity contribution in [2.75, 3.05) is 19.8 Å². The third-order valence-electron chi connectivity index (χ3n) is 8.75. The van der Waals surface area contributed by atoms with Gasteiger partial charge in [-0.05, 0) is 61.9 Å². The van der Waals surface area contributed by atoms with Crippen LogP contribution in [-0.2, 0) is 29.8 Å². The van der Waals surface area contributed by atoms with Crippen LogP contribution in [0.2, 0.25) is 0 Å². The molecular weight excluding hydrogens is 633 g/mol. The highest BCUT2D eigenvalue weighted by Gasteiger charge is 2.73. The van der Waals surface area contributed by atoms with Crippen LogP contribution in [0.1, 0.15) is 43.2 Å². The lowest BCUT2D eigenvalue weighted by Gasteiger charge is -2.39. The Balaban J connectivity index is 1.79. The van der Waals surface area contributed by atoms with Crippen LogP contribution in [0.25, 0.3) is 0 Å². The molecule has 242 valence electrons. The Kier molecular flexibility index (Phi) is 8.59. The summed E-state index contributed by atoms with van der Waals surface area (Å²) in [7, 11) is -4.69. The van der Waals surface area contributed by atoms with E-state index in [2.05, 4.69) is 0 Å². The van der Waals surface area contributed by atoms with Crippen molar-refractivity contribution in [1.29, 1.82) is 0 Å². The molecule has 0 aromatic heterocycles. The van der Waals surface area contributed by atoms with Crippen LogP contribution in [0, 0.1) is 17.2 Å². The SMILES string of the molecule is O=C(O)C1CCC(CF)(C(=O)N2CC[C@@](c3ccc(C(F)(C(F)(F)F)C(F)(F)F)cc3)(S(=O)(=O)c3ccc(F)cc3)C2)CC1. The van der Waals surface area contributed by atoms with Crippen molar-refractivity contribution in [3.05, 3.63) is 65.5 Å². The number of rotatable bonds is 7. The highest BCUT2D eigenvalue weighted by Crippen LogP contribution is 2.54. The molecular formula is C28H26F9NO5S. The molecule has 2 fully saturated rings. The van der Waals surface area contributed by atoms with E-state index < -0.39 is 91.7 Å². The number of carbonyl (C=O) groups is 2. The van der Waals surface area contributed by atoms with Gasteiger partial charge in [-0.15, -0.1) is 0 Å². The predicted octanol–water partition coefficient (Wildman–Crippen LogP) is 6.25. The maximum absolute atomic E-state index is 14.7. The van der Waals surface area contributed by atoms with Crippen molar-refractivity contribution in [2.24, 2.45) is 11.3 Å². The second-order valence-corrected chi connectivity index (χ2v) is 13.4. The first-order chi connectivity index (χ1) is 20.3. The zero-order valence-corrected chi connectivity index (χ0v) is 23.5. The number of hydrogen-bond acceptors (Lipinski definition) is 4. The van der Waals surface area contributed by atoms with Crippen LogP contribution < -0.4 is 0 Å². The molecule has 16 heteroatoms. The summed E-state index contributed by atoms with van der Waals surface area (Å²) >= 11 is 0. The average Bonchev–Trinajstić information content (AvgIpc) is 3.43. The summed E-state index contributed by atoms with van der Waals surface area (Å²) in [6.07, 6.45) is -13.6. The molecule has 4 rings (SSSR count). The summed E-state index contributed by atoms with van der Waals surface area (Å²) in [6.45, 7) is -2.23. The second kappa shape index (κ2) is 11.2. The van der Waals surface area contributed by atoms with Gasteiger partial charge in [-0.2, -0.15) is 26.3 Å². The Morgan fingerprint density at radius 3 is 1.84 bits per heavy atom. The number of nitrogens with zero attached hydrogens (tertiary/aromatic N) is 1. The summed E-state index contributed by atoms with van der Waals surface area (Å²) in [5.41, 5.74) is -9.68. The largest absolute Gasteiger partial charge is 0.481 e. The van der Waals surface area contributed by atoms with Crippen molar-refractivity contribution in [3.8, 4) is 0 Å². The fourth-order valence-corrected chi connectivity index (χ4v) is 8.13. The molecule has 1 aliphatic carbocycles. The van der Waals surface area contributed by atoms with Crippen LogP contribution in [0.5, 0.6) is 0 Å². The number of sulfone groups is 1. The van der Waals surface area contributed by atoms with E-state index in [4.69, 9.17) is 0 Å². The van der Waals surface area contributed by atoms with Gasteiger partial charge in [-0.3, -0.25) is 9.59 Å². The number of carboxylic acid groups (broad SMARTS) is 1. The summed E-state index contributed by atoms with van der Waals surface area (Å²) in [4.78, 5) is 25.5. The van der Waals surface area contributed by atoms with Crippen LogP contribution in [0.4, 0.5) is 39.5 Å². The molecule has 1 saturated heterocycles. The van der Waals surface area contributed by atoms with E-state index in [0.717, 1.165) is 29.2 Å². The lowest BCUT2D eigenvalue weighted by Crippen LogP contribution is -2.50. The molecule has 0 unspecified atom stereocenters. The molecule has 1 aliphatic heterocycles. The molecule has 1 heterocycles. The Morgan fingerprint density at radius 1 is 0.864 bits per heavy atom. The molecule has 1 atom stereocenters. The zero-order valence-electron chi connectivity index (χ0n) is 22.7. The molecule has 2 aliphatic rings. The van der Waals surface area contributed by atoms with E-state index in [1.54, 1.807) is 0 Å². The van der Waals surface area contributed by atoms with Gasteiger partial charge in [-0.1, -0.05) is 24.3 Å². The number of alkyl halides is 8. The third kappa shape index (κ3) is 5.32. The highest BCUT2D eigenvalue weighted by atomic mass is 32.2. The molecule has 2 aromatic carbocycles. The molecule has 1 amide bonds. The lowest BCUT2D eigenvalue weighted by atomic mass is 9.70. The molecule has 0 bridgehead atoms. The standard InChI is InChI=1S/C28H26F9NO5S/c29-15-24(11-9-17(10-12-24)22(39)40)23(41)38-14-13-25(16-38,44(42,43)21-7-5-20(30)6-8-21)18-1-3-19(4-2-18)26(31,27(32,33)34)28(35,36)37/h1-8,17H,9-16H2,(H,39,40)/t17?,24?,25-/m1/s1. The summed E-state index contributed by atoms with van der Waals surface area (Å²) < 4.78 is 149. The van der Waals surface area contributed by atoms with Gasteiger partial charge in [0.1, 0.15) is 17.2 Å². The number of hydrogen-bond donors (Lipinski definition) is 1. The fourth-order valence-electron chi connectivity index (χ4n) is 6.05. The topological polar surface area (TPSA) is 91.8 Å². The van der Waals surface area contributed by atoms with Crippen molar-refractivity contribution in [1.82, 2.24) is 4.90 Å². The van der Waals surface area contributed by atoms with Gasteiger partial charge in [0, 0.05) is 18.7 Å². The van der Waals surface area contributed by atoms with Gasteiger partial charge in [0.2, 0.25) is 5.91 Å². The fraction of sp³-hybridized carbons (Fsp3) is 0.500. The van der Waals surface area contributed by atoms with Gasteiger partial charge in [-0.25, -0.2) is 21.6 Å². The van der Waals surface area contributed by atoms with Crippen molar-refractivity contribution < 1.29 is 62.6 Å². The Labute approximate surface area is 245 Å². The van der Waals surface area contributed by atoms with E-state index in [0.29, 0.717) is 12.1 Å². The van der Waals surface area contributed by atoms with Crippen LogP contribution >= 0.6 is 0 Å². The first kappa shape index (κ1) is 33.6. The monoisotopic (exact) mass is 659 g/mol. The molecule has 2 aromatic rings. The first-order valence-corrected chi connectivity index (χ1v) is 14.8. The molecule has 0 radical (unpaired) electrons. The van der Waals surface area contributed by atoms with Crippen molar-refractivity contribution >= 4 is 21.7 Å². The smallest absolute Gasteiger partial charge is 0.435 e. The quantitative estimate of drug-likeness (QED) is 0.281. The maximum Gasteiger partial charge on any atom is 0.435 e. The second-order valence-electron chi connectivity index (χ2n) is 11.2. The van der Waals surface area contributed by atoms with Crippen molar-refractivity contribution in [3.63, 3.8) is 0 Å². The van der Waals surface area contributed by atoms with Gasteiger partial charge >= 0.3 is 24.0 Å². The molecule has 44 heavy (non-hydrogen) atoms. The minimum Gasteiger partial charge on any atom is -0.481 e. The van der Waals surface area contributed by atoms with E-state index in [1.165, 1.54) is 0 Å². The van der Waals surface area contributed by atoms with E-state index >= 15 is 0 Å². The maximum atomic E-state index is 14.7. The number of aliphatic carboxylic acids is 1. The number of carbonyl (C=O) groups excluding carboxylic acids is 1. The summed E-state index contributed by atoms with van der Waals surface area (Å²) in [5, 5.41) is 9.27. The molecule has 1 N–H and O–H groups in total. The van der Waals surface area contributed by atoms with Crippen LogP contribution in [-0.4, -0.2) is 62.4 Å². The summed E-state index contributed by atoms with van der Waals surface area (Å²) in [5.74, 6) is -3.57. The van der Waals surface area contributed by atoms with Gasteiger partial charge < -0.3 is 10.0 Å². The lowest BCUT2D eigenvalue weighted by molar-refractivity contribution is -0.348. The molecule has 0 spiro atoms. The Morgan fingerprint density at radius 2 is 1.39 bits per heavy atom. The summed E-state index contributed by atoms with van der Waals surface area (Å²) in [6, 6.07) is 4.92. The van der Waals surface area contributed by atoms with Crippen molar-refractivity contribution in [2.45, 2.75) is 59.8 Å². The first-order valence-electron chi connectivity index (χ1n) is 13.3. The van der Waals surface area contributed by atoms with Gasteiger partial charge in [0.05, 0.1) is 16.2 Å². The molecule has 6 nitrogen and oxygen atoms in total. The van der Waals surface area contributed by atoms with E-state index in [9.17, 15) is 62.6 Å².